The molecular formula is C16H35N. The highest BCUT2D eigenvalue weighted by molar-refractivity contribution is 4.76. The lowest BCUT2D eigenvalue weighted by Gasteiger charge is -2.31. The Morgan fingerprint density at radius 2 is 1.53 bits per heavy atom. The average molecular weight is 241 g/mol. The lowest BCUT2D eigenvalue weighted by atomic mass is 9.81. The molecule has 1 unspecified atom stereocenters. The van der Waals surface area contributed by atoms with Crippen LogP contribution in [0.15, 0.2) is 0 Å². The highest BCUT2D eigenvalue weighted by Gasteiger charge is 2.22. The summed E-state index contributed by atoms with van der Waals surface area (Å²) in [6.45, 7) is 15.1. The van der Waals surface area contributed by atoms with Crippen LogP contribution in [0.25, 0.3) is 0 Å². The largest absolute Gasteiger partial charge is 0.314 e. The van der Waals surface area contributed by atoms with Gasteiger partial charge in [-0.3, -0.25) is 0 Å². The molecule has 104 valence electrons. The van der Waals surface area contributed by atoms with E-state index in [9.17, 15) is 0 Å². The summed E-state index contributed by atoms with van der Waals surface area (Å²) in [5, 5.41) is 3.70. The van der Waals surface area contributed by atoms with E-state index in [2.05, 4.69) is 46.9 Å². The SMILES string of the molecule is CCCCCCCC(C)NCC(C)(C)C(C)C. The molecular weight excluding hydrogens is 206 g/mol. The minimum Gasteiger partial charge on any atom is -0.314 e. The Morgan fingerprint density at radius 1 is 0.941 bits per heavy atom. The van der Waals surface area contributed by atoms with Gasteiger partial charge in [0.1, 0.15) is 0 Å². The van der Waals surface area contributed by atoms with Gasteiger partial charge in [0, 0.05) is 12.6 Å². The standard InChI is InChI=1S/C16H35N/c1-7-8-9-10-11-12-15(4)17-13-16(5,6)14(2)3/h14-15,17H,7-13H2,1-6H3. The molecule has 0 heterocycles. The van der Waals surface area contributed by atoms with Crippen molar-refractivity contribution in [2.75, 3.05) is 6.54 Å². The van der Waals surface area contributed by atoms with Gasteiger partial charge in [0.25, 0.3) is 0 Å². The second-order valence-electron chi connectivity index (χ2n) is 6.63. The molecule has 0 saturated carbocycles. The minimum absolute atomic E-state index is 0.413. The van der Waals surface area contributed by atoms with Gasteiger partial charge < -0.3 is 5.32 Å². The van der Waals surface area contributed by atoms with Crippen LogP contribution in [0.1, 0.15) is 80.1 Å². The highest BCUT2D eigenvalue weighted by atomic mass is 14.9. The fraction of sp³-hybridized carbons (Fsp3) is 1.00. The monoisotopic (exact) mass is 241 g/mol. The molecule has 0 spiro atoms. The Bertz CT molecular complexity index is 172. The second kappa shape index (κ2) is 8.97. The summed E-state index contributed by atoms with van der Waals surface area (Å²) in [5.41, 5.74) is 0.413. The molecule has 1 N–H and O–H groups in total. The van der Waals surface area contributed by atoms with Crippen LogP contribution in [0, 0.1) is 11.3 Å². The van der Waals surface area contributed by atoms with Crippen molar-refractivity contribution in [3.8, 4) is 0 Å². The average Bonchev–Trinajstić information content (AvgIpc) is 2.26. The van der Waals surface area contributed by atoms with Crippen molar-refractivity contribution in [1.82, 2.24) is 5.32 Å². The van der Waals surface area contributed by atoms with Crippen LogP contribution in [0.5, 0.6) is 0 Å². The van der Waals surface area contributed by atoms with Gasteiger partial charge in [-0.05, 0) is 24.7 Å². The minimum atomic E-state index is 0.413. The van der Waals surface area contributed by atoms with E-state index in [0.29, 0.717) is 11.5 Å². The van der Waals surface area contributed by atoms with Crippen LogP contribution in [-0.2, 0) is 0 Å². The van der Waals surface area contributed by atoms with E-state index in [4.69, 9.17) is 0 Å². The first kappa shape index (κ1) is 17.0. The molecule has 0 aromatic heterocycles. The van der Waals surface area contributed by atoms with E-state index in [-0.39, 0.29) is 0 Å². The van der Waals surface area contributed by atoms with Crippen molar-refractivity contribution < 1.29 is 0 Å². The highest BCUT2D eigenvalue weighted by Crippen LogP contribution is 2.25. The number of hydrogen-bond acceptors (Lipinski definition) is 1. The third-order valence-corrected chi connectivity index (χ3v) is 4.21. The zero-order valence-corrected chi connectivity index (χ0v) is 13.1. The van der Waals surface area contributed by atoms with E-state index in [1.54, 1.807) is 0 Å². The zero-order chi connectivity index (χ0) is 13.3. The molecule has 17 heavy (non-hydrogen) atoms. The summed E-state index contributed by atoms with van der Waals surface area (Å²) in [7, 11) is 0. The summed E-state index contributed by atoms with van der Waals surface area (Å²) in [5.74, 6) is 0.742. The van der Waals surface area contributed by atoms with Crippen molar-refractivity contribution in [2.24, 2.45) is 11.3 Å². The van der Waals surface area contributed by atoms with Crippen LogP contribution in [0.2, 0.25) is 0 Å². The fourth-order valence-corrected chi connectivity index (χ4v) is 1.80. The molecule has 0 saturated heterocycles. The molecule has 0 aromatic rings. The van der Waals surface area contributed by atoms with Crippen molar-refractivity contribution in [2.45, 2.75) is 86.1 Å². The Labute approximate surface area is 110 Å². The Morgan fingerprint density at radius 3 is 2.06 bits per heavy atom. The van der Waals surface area contributed by atoms with Crippen molar-refractivity contribution >= 4 is 0 Å². The van der Waals surface area contributed by atoms with Gasteiger partial charge in [-0.2, -0.15) is 0 Å². The zero-order valence-electron chi connectivity index (χ0n) is 13.1. The van der Waals surface area contributed by atoms with Gasteiger partial charge in [0.05, 0.1) is 0 Å². The van der Waals surface area contributed by atoms with Crippen LogP contribution in [0.3, 0.4) is 0 Å². The van der Waals surface area contributed by atoms with Crippen LogP contribution < -0.4 is 5.32 Å². The lowest BCUT2D eigenvalue weighted by Crippen LogP contribution is -2.38. The van der Waals surface area contributed by atoms with Gasteiger partial charge in [0.15, 0.2) is 0 Å². The number of rotatable bonds is 10. The maximum atomic E-state index is 3.70. The van der Waals surface area contributed by atoms with Gasteiger partial charge in [-0.25, -0.2) is 0 Å². The Balaban J connectivity index is 3.56. The number of nitrogens with one attached hydrogen (secondary N) is 1. The quantitative estimate of drug-likeness (QED) is 0.530. The third kappa shape index (κ3) is 8.65. The number of unbranched alkanes of at least 4 members (excludes halogenated alkanes) is 4. The van der Waals surface area contributed by atoms with Crippen molar-refractivity contribution in [1.29, 1.82) is 0 Å². The first-order valence-corrected chi connectivity index (χ1v) is 7.63. The predicted octanol–water partition coefficient (Wildman–Crippen LogP) is 5.01. The second-order valence-corrected chi connectivity index (χ2v) is 6.63. The summed E-state index contributed by atoms with van der Waals surface area (Å²) in [6.07, 6.45) is 8.29. The van der Waals surface area contributed by atoms with Crippen LogP contribution >= 0.6 is 0 Å². The topological polar surface area (TPSA) is 12.0 Å². The maximum Gasteiger partial charge on any atom is 0.00389 e. The van der Waals surface area contributed by atoms with Crippen molar-refractivity contribution in [3.05, 3.63) is 0 Å². The molecule has 0 aliphatic carbocycles. The van der Waals surface area contributed by atoms with Gasteiger partial charge in [0.2, 0.25) is 0 Å². The summed E-state index contributed by atoms with van der Waals surface area (Å²) in [6, 6.07) is 0.676. The van der Waals surface area contributed by atoms with Gasteiger partial charge in [-0.1, -0.05) is 66.7 Å². The van der Waals surface area contributed by atoms with E-state index in [1.165, 1.54) is 38.5 Å². The van der Waals surface area contributed by atoms with E-state index < -0.39 is 0 Å². The molecule has 0 aromatic carbocycles. The lowest BCUT2D eigenvalue weighted by molar-refractivity contribution is 0.227. The van der Waals surface area contributed by atoms with Crippen LogP contribution in [-0.4, -0.2) is 12.6 Å². The third-order valence-electron chi connectivity index (χ3n) is 4.21. The molecule has 0 radical (unpaired) electrons. The van der Waals surface area contributed by atoms with E-state index in [1.807, 2.05) is 0 Å². The normalized spacial score (nSPS) is 14.3. The van der Waals surface area contributed by atoms with Gasteiger partial charge in [-0.15, -0.1) is 0 Å². The molecule has 0 aliphatic rings. The molecule has 0 rings (SSSR count). The molecule has 0 amide bonds. The summed E-state index contributed by atoms with van der Waals surface area (Å²) < 4.78 is 0. The Kier molecular flexibility index (Phi) is 8.94. The fourth-order valence-electron chi connectivity index (χ4n) is 1.80. The summed E-state index contributed by atoms with van der Waals surface area (Å²) >= 11 is 0. The summed E-state index contributed by atoms with van der Waals surface area (Å²) in [4.78, 5) is 0. The van der Waals surface area contributed by atoms with E-state index >= 15 is 0 Å². The molecule has 0 aliphatic heterocycles. The predicted molar refractivity (Wildman–Crippen MR) is 79.5 cm³/mol. The molecule has 1 heteroatoms. The Hall–Kier alpha value is -0.0400. The van der Waals surface area contributed by atoms with Gasteiger partial charge >= 0.3 is 0 Å². The smallest absolute Gasteiger partial charge is 0.00389 e. The van der Waals surface area contributed by atoms with Crippen LogP contribution in [0.4, 0.5) is 0 Å². The maximum absolute atomic E-state index is 3.70. The molecule has 0 fully saturated rings. The number of hydrogen-bond donors (Lipinski definition) is 1. The first-order valence-electron chi connectivity index (χ1n) is 7.63. The molecule has 1 atom stereocenters. The molecule has 1 nitrogen and oxygen atoms in total. The first-order chi connectivity index (χ1) is 7.90. The van der Waals surface area contributed by atoms with E-state index in [0.717, 1.165) is 12.5 Å². The van der Waals surface area contributed by atoms with Crippen molar-refractivity contribution in [3.63, 3.8) is 0 Å². The molecule has 0 bridgehead atoms.